The van der Waals surface area contributed by atoms with E-state index in [1.165, 1.54) is 0 Å². The molecule has 0 aliphatic carbocycles. The Morgan fingerprint density at radius 2 is 2.12 bits per heavy atom. The molecule has 0 fully saturated rings. The zero-order valence-electron chi connectivity index (χ0n) is 9.07. The van der Waals surface area contributed by atoms with Gasteiger partial charge in [0.25, 0.3) is 0 Å². The number of nitrogens with zero attached hydrogens (tertiary/aromatic N) is 2. The molecule has 0 radical (unpaired) electrons. The lowest BCUT2D eigenvalue weighted by Gasteiger charge is -2.08. The molecule has 1 atom stereocenters. The van der Waals surface area contributed by atoms with Crippen LogP contribution in [0.15, 0.2) is 18.2 Å². The average molecular weight is 238 g/mol. The highest BCUT2D eigenvalue weighted by Gasteiger charge is 2.09. The molecule has 0 amide bonds. The van der Waals surface area contributed by atoms with Crippen LogP contribution in [0.3, 0.4) is 0 Å². The molecule has 2 N–H and O–H groups in total. The summed E-state index contributed by atoms with van der Waals surface area (Å²) in [4.78, 5) is 8.48. The highest BCUT2D eigenvalue weighted by molar-refractivity contribution is 6.34. The van der Waals surface area contributed by atoms with E-state index in [0.29, 0.717) is 11.0 Å². The van der Waals surface area contributed by atoms with Crippen LogP contribution in [0.5, 0.6) is 5.75 Å². The Balaban J connectivity index is 2.66. The fourth-order valence-corrected chi connectivity index (χ4v) is 1.66. The van der Waals surface area contributed by atoms with Gasteiger partial charge in [0.1, 0.15) is 16.7 Å². The van der Waals surface area contributed by atoms with E-state index in [1.54, 1.807) is 7.11 Å². The van der Waals surface area contributed by atoms with Gasteiger partial charge in [-0.2, -0.15) is 0 Å². The first-order valence-electron chi connectivity index (χ1n) is 4.88. The van der Waals surface area contributed by atoms with Gasteiger partial charge < -0.3 is 10.5 Å². The molecule has 0 saturated heterocycles. The lowest BCUT2D eigenvalue weighted by Crippen LogP contribution is -2.10. The summed E-state index contributed by atoms with van der Waals surface area (Å²) in [5.74, 6) is 1.27. The van der Waals surface area contributed by atoms with Gasteiger partial charge in [0.05, 0.1) is 18.7 Å². The minimum Gasteiger partial charge on any atom is -0.497 e. The fourth-order valence-electron chi connectivity index (χ4n) is 1.42. The molecule has 0 bridgehead atoms. The number of hydrogen-bond acceptors (Lipinski definition) is 4. The molecular formula is C11H12ClN3O. The largest absolute Gasteiger partial charge is 0.497 e. The van der Waals surface area contributed by atoms with E-state index in [4.69, 9.17) is 22.1 Å². The molecular weight excluding hydrogens is 226 g/mol. The Hall–Kier alpha value is -1.39. The number of halogens is 1. The predicted octanol–water partition coefficient (Wildman–Crippen LogP) is 2.31. The Kier molecular flexibility index (Phi) is 2.94. The van der Waals surface area contributed by atoms with Crippen LogP contribution in [0.1, 0.15) is 18.8 Å². The van der Waals surface area contributed by atoms with Crippen molar-refractivity contribution in [3.63, 3.8) is 0 Å². The van der Waals surface area contributed by atoms with Crippen LogP contribution in [-0.4, -0.2) is 17.1 Å². The first kappa shape index (κ1) is 11.1. The van der Waals surface area contributed by atoms with Crippen molar-refractivity contribution in [1.29, 1.82) is 0 Å². The SMILES string of the molecule is COc1ccc2nc(C(C)N)nc(Cl)c2c1. The molecule has 1 aromatic heterocycles. The summed E-state index contributed by atoms with van der Waals surface area (Å²) in [5.41, 5.74) is 6.49. The van der Waals surface area contributed by atoms with Gasteiger partial charge in [0.2, 0.25) is 0 Å². The van der Waals surface area contributed by atoms with Crippen molar-refractivity contribution in [1.82, 2.24) is 9.97 Å². The molecule has 0 spiro atoms. The van der Waals surface area contributed by atoms with Crippen molar-refractivity contribution in [2.45, 2.75) is 13.0 Å². The molecule has 0 aliphatic heterocycles. The zero-order valence-corrected chi connectivity index (χ0v) is 9.82. The summed E-state index contributed by atoms with van der Waals surface area (Å²) in [6.45, 7) is 1.82. The quantitative estimate of drug-likeness (QED) is 0.815. The summed E-state index contributed by atoms with van der Waals surface area (Å²) < 4.78 is 5.12. The van der Waals surface area contributed by atoms with E-state index in [0.717, 1.165) is 16.7 Å². The van der Waals surface area contributed by atoms with E-state index in [9.17, 15) is 0 Å². The highest BCUT2D eigenvalue weighted by atomic mass is 35.5. The molecule has 5 heteroatoms. The van der Waals surface area contributed by atoms with Gasteiger partial charge in [-0.25, -0.2) is 9.97 Å². The fraction of sp³-hybridized carbons (Fsp3) is 0.273. The minimum atomic E-state index is -0.232. The van der Waals surface area contributed by atoms with Crippen molar-refractivity contribution in [2.75, 3.05) is 7.11 Å². The second-order valence-corrected chi connectivity index (χ2v) is 3.90. The number of hydrogen-bond donors (Lipinski definition) is 1. The Morgan fingerprint density at radius 1 is 1.38 bits per heavy atom. The van der Waals surface area contributed by atoms with Gasteiger partial charge in [-0.05, 0) is 25.1 Å². The molecule has 0 saturated carbocycles. The van der Waals surface area contributed by atoms with E-state index >= 15 is 0 Å². The van der Waals surface area contributed by atoms with Gasteiger partial charge in [0.15, 0.2) is 0 Å². The smallest absolute Gasteiger partial charge is 0.147 e. The number of benzene rings is 1. The average Bonchev–Trinajstić information content (AvgIpc) is 2.28. The van der Waals surface area contributed by atoms with Crippen molar-refractivity contribution in [2.24, 2.45) is 5.73 Å². The lowest BCUT2D eigenvalue weighted by atomic mass is 10.2. The van der Waals surface area contributed by atoms with Gasteiger partial charge in [-0.1, -0.05) is 11.6 Å². The van der Waals surface area contributed by atoms with Crippen LogP contribution in [0.2, 0.25) is 5.15 Å². The maximum atomic E-state index is 6.07. The summed E-state index contributed by atoms with van der Waals surface area (Å²) in [5, 5.41) is 1.17. The number of aromatic nitrogens is 2. The van der Waals surface area contributed by atoms with E-state index in [2.05, 4.69) is 9.97 Å². The highest BCUT2D eigenvalue weighted by Crippen LogP contribution is 2.25. The van der Waals surface area contributed by atoms with Crippen molar-refractivity contribution < 1.29 is 4.74 Å². The Labute approximate surface area is 98.4 Å². The number of rotatable bonds is 2. The summed E-state index contributed by atoms with van der Waals surface area (Å²) >= 11 is 6.07. The molecule has 84 valence electrons. The summed E-state index contributed by atoms with van der Waals surface area (Å²) in [6.07, 6.45) is 0. The standard InChI is InChI=1S/C11H12ClN3O/c1-6(13)11-14-9-4-3-7(16-2)5-8(9)10(12)15-11/h3-6H,13H2,1-2H3. The Morgan fingerprint density at radius 3 is 2.75 bits per heavy atom. The number of ether oxygens (including phenoxy) is 1. The van der Waals surface area contributed by atoms with Gasteiger partial charge in [-0.3, -0.25) is 0 Å². The van der Waals surface area contributed by atoms with Crippen LogP contribution >= 0.6 is 11.6 Å². The van der Waals surface area contributed by atoms with Crippen molar-refractivity contribution in [3.05, 3.63) is 29.2 Å². The molecule has 1 aromatic carbocycles. The third-order valence-electron chi connectivity index (χ3n) is 2.28. The third-order valence-corrected chi connectivity index (χ3v) is 2.57. The van der Waals surface area contributed by atoms with Gasteiger partial charge >= 0.3 is 0 Å². The summed E-state index contributed by atoms with van der Waals surface area (Å²) in [7, 11) is 1.60. The molecule has 2 aromatic rings. The van der Waals surface area contributed by atoms with Crippen LogP contribution in [-0.2, 0) is 0 Å². The number of nitrogens with two attached hydrogens (primary N) is 1. The van der Waals surface area contributed by atoms with Crippen molar-refractivity contribution >= 4 is 22.5 Å². The molecule has 0 aliphatic rings. The van der Waals surface area contributed by atoms with Crippen LogP contribution in [0.25, 0.3) is 10.9 Å². The maximum Gasteiger partial charge on any atom is 0.147 e. The van der Waals surface area contributed by atoms with E-state index in [-0.39, 0.29) is 6.04 Å². The molecule has 1 heterocycles. The monoisotopic (exact) mass is 237 g/mol. The molecule has 1 unspecified atom stereocenters. The topological polar surface area (TPSA) is 61.0 Å². The summed E-state index contributed by atoms with van der Waals surface area (Å²) in [6, 6.07) is 5.25. The van der Waals surface area contributed by atoms with Crippen LogP contribution < -0.4 is 10.5 Å². The predicted molar refractivity (Wildman–Crippen MR) is 63.7 cm³/mol. The number of fused-ring (bicyclic) bond motifs is 1. The van der Waals surface area contributed by atoms with Crippen molar-refractivity contribution in [3.8, 4) is 5.75 Å². The normalized spacial score (nSPS) is 12.8. The van der Waals surface area contributed by atoms with E-state index in [1.807, 2.05) is 25.1 Å². The second kappa shape index (κ2) is 4.23. The minimum absolute atomic E-state index is 0.232. The first-order valence-corrected chi connectivity index (χ1v) is 5.26. The van der Waals surface area contributed by atoms with Gasteiger partial charge in [-0.15, -0.1) is 0 Å². The van der Waals surface area contributed by atoms with E-state index < -0.39 is 0 Å². The Bertz CT molecular complexity index is 528. The lowest BCUT2D eigenvalue weighted by molar-refractivity contribution is 0.415. The third kappa shape index (κ3) is 1.94. The van der Waals surface area contributed by atoms with Crippen LogP contribution in [0, 0.1) is 0 Å². The molecule has 16 heavy (non-hydrogen) atoms. The maximum absolute atomic E-state index is 6.07. The molecule has 4 nitrogen and oxygen atoms in total. The number of methoxy groups -OCH3 is 1. The first-order chi connectivity index (χ1) is 7.61. The van der Waals surface area contributed by atoms with Gasteiger partial charge in [0, 0.05) is 5.39 Å². The molecule has 2 rings (SSSR count). The zero-order chi connectivity index (χ0) is 11.7. The van der Waals surface area contributed by atoms with Crippen LogP contribution in [0.4, 0.5) is 0 Å². The second-order valence-electron chi connectivity index (χ2n) is 3.54.